The molecule has 0 aromatic heterocycles. The van der Waals surface area contributed by atoms with Crippen LogP contribution >= 0.6 is 11.6 Å². The van der Waals surface area contributed by atoms with Gasteiger partial charge < -0.3 is 35.8 Å². The molecular formula is C40H55ClN4O10. The monoisotopic (exact) mass is 786 g/mol. The van der Waals surface area contributed by atoms with Gasteiger partial charge in [-0.15, -0.1) is 0 Å². The number of nitrogens with one attached hydrogen (secondary N) is 4. The van der Waals surface area contributed by atoms with Gasteiger partial charge in [-0.2, -0.15) is 0 Å². The number of Topliss-reactive ketones (excluding diaryl/α,β-unsaturated/α-hetero) is 2. The molecule has 4 amide bonds. The second-order valence-electron chi connectivity index (χ2n) is 15.8. The van der Waals surface area contributed by atoms with Gasteiger partial charge in [-0.1, -0.05) is 68.8 Å². The molecule has 0 aliphatic heterocycles. The summed E-state index contributed by atoms with van der Waals surface area (Å²) >= 11 is 6.01. The summed E-state index contributed by atoms with van der Waals surface area (Å²) in [6, 6.07) is 11.3. The summed E-state index contributed by atoms with van der Waals surface area (Å²) in [6.45, 7) is 14.2. The van der Waals surface area contributed by atoms with Crippen LogP contribution in [-0.4, -0.2) is 83.0 Å². The van der Waals surface area contributed by atoms with E-state index in [0.29, 0.717) is 10.6 Å². The van der Waals surface area contributed by atoms with Gasteiger partial charge in [0.15, 0.2) is 11.6 Å². The number of benzene rings is 2. The van der Waals surface area contributed by atoms with Crippen molar-refractivity contribution in [3.05, 3.63) is 59.1 Å². The number of carbonyl (C=O) groups is 7. The second kappa shape index (κ2) is 20.6. The Morgan fingerprint density at radius 2 is 1.15 bits per heavy atom. The fourth-order valence-corrected chi connectivity index (χ4v) is 5.31. The molecule has 5 N–H and O–H groups in total. The average Bonchev–Trinajstić information content (AvgIpc) is 3.06. The largest absolute Gasteiger partial charge is 0.480 e. The summed E-state index contributed by atoms with van der Waals surface area (Å²) < 4.78 is 10.6. The number of hydrogen-bond acceptors (Lipinski definition) is 9. The number of carboxylic acids is 1. The SMILES string of the molecule is CC(C)C[C@H](NC(=O)[C@H](C)CC(=O)[C@H](CNC(=O)OC(C)(C)C)NC(=O)[C@H](CNC(=O)OC(C)(C)C)CC(=O)c1ccc(-c2ccc(Cl)cc2)cc1)C(=O)O. The predicted molar refractivity (Wildman–Crippen MR) is 208 cm³/mol. The molecule has 0 fully saturated rings. The zero-order valence-electron chi connectivity index (χ0n) is 33.0. The molecule has 0 spiro atoms. The van der Waals surface area contributed by atoms with Crippen LogP contribution in [-0.2, 0) is 28.7 Å². The normalized spacial score (nSPS) is 13.7. The fraction of sp³-hybridized carbons (Fsp3) is 0.525. The van der Waals surface area contributed by atoms with Gasteiger partial charge in [0.1, 0.15) is 23.3 Å². The van der Waals surface area contributed by atoms with Crippen LogP contribution in [0, 0.1) is 17.8 Å². The van der Waals surface area contributed by atoms with E-state index < -0.39 is 89.6 Å². The van der Waals surface area contributed by atoms with Crippen molar-refractivity contribution in [2.24, 2.45) is 17.8 Å². The molecule has 0 radical (unpaired) electrons. The summed E-state index contributed by atoms with van der Waals surface area (Å²) in [5, 5.41) is 20.2. The first-order valence-corrected chi connectivity index (χ1v) is 18.5. The van der Waals surface area contributed by atoms with Crippen LogP contribution in [0.3, 0.4) is 0 Å². The number of amides is 4. The standard InChI is InChI=1S/C40H55ClN4O10/c1-23(2)18-30(36(50)51)44-34(48)24(3)19-33(47)31(22-43-38(53)55-40(7,8)9)45-35(49)28(21-42-37(52)54-39(4,5)6)20-32(46)27-12-10-25(11-13-27)26-14-16-29(41)17-15-26/h10-17,23-24,28,30-31H,18-22H2,1-9H3,(H,42,52)(H,43,53)(H,44,48)(H,45,49)(H,50,51)/t24-,28+,30+,31+/m1/s1. The van der Waals surface area contributed by atoms with Gasteiger partial charge >= 0.3 is 18.2 Å². The number of alkyl carbamates (subject to hydrolysis) is 2. The lowest BCUT2D eigenvalue weighted by Gasteiger charge is -2.25. The van der Waals surface area contributed by atoms with E-state index in [4.69, 9.17) is 21.1 Å². The highest BCUT2D eigenvalue weighted by atomic mass is 35.5. The van der Waals surface area contributed by atoms with Crippen molar-refractivity contribution < 1.29 is 48.1 Å². The Hall–Kier alpha value is -4.98. The molecule has 2 rings (SSSR count). The van der Waals surface area contributed by atoms with E-state index in [1.165, 1.54) is 6.92 Å². The van der Waals surface area contributed by atoms with Gasteiger partial charge in [-0.05, 0) is 77.1 Å². The van der Waals surface area contributed by atoms with Gasteiger partial charge in [0.25, 0.3) is 0 Å². The summed E-state index contributed by atoms with van der Waals surface area (Å²) in [6.07, 6.45) is -2.34. The minimum atomic E-state index is -1.40. The lowest BCUT2D eigenvalue weighted by molar-refractivity contribution is -0.143. The summed E-state index contributed by atoms with van der Waals surface area (Å²) in [4.78, 5) is 90.9. The van der Waals surface area contributed by atoms with Crippen LogP contribution in [0.5, 0.6) is 0 Å². The zero-order valence-corrected chi connectivity index (χ0v) is 33.8. The molecule has 0 aliphatic carbocycles. The molecule has 14 nitrogen and oxygen atoms in total. The van der Waals surface area contributed by atoms with E-state index in [2.05, 4.69) is 21.3 Å². The van der Waals surface area contributed by atoms with Crippen molar-refractivity contribution >= 4 is 53.1 Å². The number of hydrogen-bond donors (Lipinski definition) is 5. The quantitative estimate of drug-likeness (QED) is 0.112. The van der Waals surface area contributed by atoms with Gasteiger partial charge in [0.2, 0.25) is 11.8 Å². The number of aliphatic carboxylic acids is 1. The van der Waals surface area contributed by atoms with E-state index in [0.717, 1.165) is 11.1 Å². The molecular weight excluding hydrogens is 732 g/mol. The van der Waals surface area contributed by atoms with Gasteiger partial charge in [-0.25, -0.2) is 14.4 Å². The van der Waals surface area contributed by atoms with E-state index in [9.17, 15) is 38.7 Å². The first-order chi connectivity index (χ1) is 25.4. The maximum Gasteiger partial charge on any atom is 0.407 e. The van der Waals surface area contributed by atoms with Crippen LogP contribution in [0.1, 0.15) is 91.9 Å². The minimum absolute atomic E-state index is 0.0322. The molecule has 4 atom stereocenters. The van der Waals surface area contributed by atoms with Crippen molar-refractivity contribution in [3.8, 4) is 11.1 Å². The highest BCUT2D eigenvalue weighted by Crippen LogP contribution is 2.23. The van der Waals surface area contributed by atoms with Crippen LogP contribution in [0.25, 0.3) is 11.1 Å². The smallest absolute Gasteiger partial charge is 0.407 e. The molecule has 2 aromatic rings. The van der Waals surface area contributed by atoms with Crippen molar-refractivity contribution in [2.45, 2.75) is 105 Å². The first-order valence-electron chi connectivity index (χ1n) is 18.1. The topological polar surface area (TPSA) is 206 Å². The third-order valence-electron chi connectivity index (χ3n) is 7.91. The van der Waals surface area contributed by atoms with Gasteiger partial charge in [0.05, 0.1) is 5.92 Å². The van der Waals surface area contributed by atoms with Crippen LogP contribution in [0.2, 0.25) is 5.02 Å². The Labute approximate surface area is 327 Å². The average molecular weight is 787 g/mol. The van der Waals surface area contributed by atoms with Gasteiger partial charge in [-0.3, -0.25) is 19.2 Å². The number of rotatable bonds is 18. The molecule has 0 aliphatic rings. The maximum absolute atomic E-state index is 13.9. The summed E-state index contributed by atoms with van der Waals surface area (Å²) in [5.41, 5.74) is 0.276. The van der Waals surface area contributed by atoms with Crippen molar-refractivity contribution in [2.75, 3.05) is 13.1 Å². The number of ether oxygens (including phenoxy) is 2. The molecule has 0 saturated heterocycles. The highest BCUT2D eigenvalue weighted by molar-refractivity contribution is 6.30. The molecule has 0 bridgehead atoms. The molecule has 15 heteroatoms. The van der Waals surface area contributed by atoms with Crippen molar-refractivity contribution in [3.63, 3.8) is 0 Å². The summed E-state index contributed by atoms with van der Waals surface area (Å²) in [7, 11) is 0. The molecule has 0 unspecified atom stereocenters. The molecule has 2 aromatic carbocycles. The molecule has 55 heavy (non-hydrogen) atoms. The fourth-order valence-electron chi connectivity index (χ4n) is 5.19. The van der Waals surface area contributed by atoms with Crippen LogP contribution < -0.4 is 21.3 Å². The van der Waals surface area contributed by atoms with Crippen molar-refractivity contribution in [1.29, 1.82) is 0 Å². The molecule has 302 valence electrons. The highest BCUT2D eigenvalue weighted by Gasteiger charge is 2.32. The third kappa shape index (κ3) is 17.4. The predicted octanol–water partition coefficient (Wildman–Crippen LogP) is 5.94. The zero-order chi connectivity index (χ0) is 41.7. The van der Waals surface area contributed by atoms with Crippen molar-refractivity contribution in [1.82, 2.24) is 21.3 Å². The van der Waals surface area contributed by atoms with E-state index >= 15 is 0 Å². The lowest BCUT2D eigenvalue weighted by Crippen LogP contribution is -2.53. The Kier molecular flexibility index (Phi) is 17.3. The maximum atomic E-state index is 13.9. The lowest BCUT2D eigenvalue weighted by atomic mass is 9.94. The Morgan fingerprint density at radius 1 is 0.673 bits per heavy atom. The minimum Gasteiger partial charge on any atom is -0.480 e. The van der Waals surface area contributed by atoms with E-state index in [1.54, 1.807) is 77.9 Å². The Bertz CT molecular complexity index is 1660. The second-order valence-corrected chi connectivity index (χ2v) is 16.3. The van der Waals surface area contributed by atoms with E-state index in [-0.39, 0.29) is 25.3 Å². The summed E-state index contributed by atoms with van der Waals surface area (Å²) in [5.74, 6) is -6.04. The van der Waals surface area contributed by atoms with Crippen LogP contribution in [0.4, 0.5) is 9.59 Å². The van der Waals surface area contributed by atoms with Gasteiger partial charge in [0, 0.05) is 42.4 Å². The number of ketones is 2. The molecule has 0 heterocycles. The molecule has 0 saturated carbocycles. The van der Waals surface area contributed by atoms with E-state index in [1.807, 2.05) is 26.0 Å². The Balaban J connectivity index is 2.34. The number of carbonyl (C=O) groups excluding carboxylic acids is 6. The Morgan fingerprint density at radius 3 is 1.62 bits per heavy atom. The first kappa shape index (κ1) is 46.2. The third-order valence-corrected chi connectivity index (χ3v) is 8.16. The number of halogens is 1. The van der Waals surface area contributed by atoms with Crippen LogP contribution in [0.15, 0.2) is 48.5 Å². The number of carboxylic acid groups (broad SMARTS) is 1.